The number of ketones is 1. The van der Waals surface area contributed by atoms with Gasteiger partial charge in [0.2, 0.25) is 0 Å². The van der Waals surface area contributed by atoms with Gasteiger partial charge in [-0.2, -0.15) is 0 Å². The summed E-state index contributed by atoms with van der Waals surface area (Å²) in [5.41, 5.74) is 4.65. The van der Waals surface area contributed by atoms with Crippen molar-refractivity contribution in [3.05, 3.63) is 64.7 Å². The predicted octanol–water partition coefficient (Wildman–Crippen LogP) is 3.74. The second-order valence-corrected chi connectivity index (χ2v) is 6.21. The summed E-state index contributed by atoms with van der Waals surface area (Å²) in [6.45, 7) is 2.10. The Hall–Kier alpha value is -2.09. The molecule has 1 aliphatic heterocycles. The lowest BCUT2D eigenvalue weighted by Gasteiger charge is -2.14. The third kappa shape index (κ3) is 2.15. The number of fused-ring (bicyclic) bond motifs is 2. The zero-order valence-electron chi connectivity index (χ0n) is 12.1. The first-order chi connectivity index (χ1) is 10.2. The van der Waals surface area contributed by atoms with Crippen molar-refractivity contribution < 1.29 is 9.53 Å². The molecule has 0 amide bonds. The molecule has 2 heteroatoms. The number of aryl methyl sites for hydroxylation is 1. The summed E-state index contributed by atoms with van der Waals surface area (Å²) in [7, 11) is 0. The van der Waals surface area contributed by atoms with Crippen LogP contribution in [-0.4, -0.2) is 11.9 Å². The molecule has 0 fully saturated rings. The number of benzene rings is 2. The van der Waals surface area contributed by atoms with Crippen LogP contribution in [0.4, 0.5) is 0 Å². The molecule has 2 aromatic carbocycles. The van der Waals surface area contributed by atoms with Gasteiger partial charge in [-0.25, -0.2) is 0 Å². The predicted molar refractivity (Wildman–Crippen MR) is 81.9 cm³/mol. The number of rotatable bonds is 2. The molecule has 2 aliphatic rings. The molecule has 0 saturated carbocycles. The molecule has 2 aromatic rings. The topological polar surface area (TPSA) is 26.3 Å². The maximum atomic E-state index is 12.5. The average Bonchev–Trinajstić information content (AvgIpc) is 3.01. The molecular formula is C19H18O2. The van der Waals surface area contributed by atoms with Gasteiger partial charge in [0.25, 0.3) is 0 Å². The van der Waals surface area contributed by atoms with E-state index in [1.807, 2.05) is 18.2 Å². The maximum absolute atomic E-state index is 12.5. The fourth-order valence-corrected chi connectivity index (χ4v) is 3.61. The monoisotopic (exact) mass is 278 g/mol. The molecule has 0 radical (unpaired) electrons. The fraction of sp³-hybridized carbons (Fsp3) is 0.316. The number of carbonyl (C=O) groups is 1. The lowest BCUT2D eigenvalue weighted by Crippen LogP contribution is -2.21. The summed E-state index contributed by atoms with van der Waals surface area (Å²) in [6.07, 6.45) is 2.76. The minimum absolute atomic E-state index is 0.0859. The van der Waals surface area contributed by atoms with E-state index in [0.717, 1.165) is 30.6 Å². The summed E-state index contributed by atoms with van der Waals surface area (Å²) in [6, 6.07) is 14.3. The van der Waals surface area contributed by atoms with Gasteiger partial charge >= 0.3 is 0 Å². The van der Waals surface area contributed by atoms with Gasteiger partial charge in [0.05, 0.1) is 0 Å². The van der Waals surface area contributed by atoms with Crippen LogP contribution in [0.15, 0.2) is 42.5 Å². The third-order valence-electron chi connectivity index (χ3n) is 4.62. The molecular weight excluding hydrogens is 260 g/mol. The molecule has 0 bridgehead atoms. The number of hydrogen-bond acceptors (Lipinski definition) is 2. The Labute approximate surface area is 124 Å². The van der Waals surface area contributed by atoms with Crippen molar-refractivity contribution in [3.63, 3.8) is 0 Å². The van der Waals surface area contributed by atoms with Crippen LogP contribution in [0, 0.1) is 12.8 Å². The van der Waals surface area contributed by atoms with E-state index in [1.54, 1.807) is 0 Å². The molecule has 2 unspecified atom stereocenters. The summed E-state index contributed by atoms with van der Waals surface area (Å²) in [5, 5.41) is 0. The van der Waals surface area contributed by atoms with Crippen LogP contribution < -0.4 is 4.74 Å². The first-order valence-corrected chi connectivity index (χ1v) is 7.59. The van der Waals surface area contributed by atoms with E-state index in [0.29, 0.717) is 5.78 Å². The molecule has 1 aliphatic carbocycles. The molecule has 2 nitrogen and oxygen atoms in total. The molecule has 4 rings (SSSR count). The fourth-order valence-electron chi connectivity index (χ4n) is 3.61. The standard InChI is InChI=1S/C19H18O2/c1-12-6-7-18-14(8-12)10-16(21-18)11-15-9-13-4-2-3-5-17(13)19(15)20/h2-8,15-16H,9-11H2,1H3. The van der Waals surface area contributed by atoms with Crippen LogP contribution in [0.5, 0.6) is 5.75 Å². The van der Waals surface area contributed by atoms with Crippen molar-refractivity contribution in [2.75, 3.05) is 0 Å². The molecule has 0 spiro atoms. The van der Waals surface area contributed by atoms with Gasteiger partial charge in [-0.3, -0.25) is 4.79 Å². The van der Waals surface area contributed by atoms with Crippen LogP contribution in [0.1, 0.15) is 33.5 Å². The van der Waals surface area contributed by atoms with E-state index in [9.17, 15) is 4.79 Å². The van der Waals surface area contributed by atoms with Gasteiger partial charge in [-0.1, -0.05) is 42.0 Å². The molecule has 21 heavy (non-hydrogen) atoms. The second kappa shape index (κ2) is 4.73. The van der Waals surface area contributed by atoms with E-state index < -0.39 is 0 Å². The van der Waals surface area contributed by atoms with Crippen molar-refractivity contribution in [3.8, 4) is 5.75 Å². The second-order valence-electron chi connectivity index (χ2n) is 6.21. The van der Waals surface area contributed by atoms with Crippen LogP contribution >= 0.6 is 0 Å². The molecule has 0 saturated heterocycles. The van der Waals surface area contributed by atoms with Gasteiger partial charge in [0.15, 0.2) is 5.78 Å². The third-order valence-corrected chi connectivity index (χ3v) is 4.62. The van der Waals surface area contributed by atoms with Crippen LogP contribution in [0.3, 0.4) is 0 Å². The molecule has 2 atom stereocenters. The number of Topliss-reactive ketones (excluding diaryl/α,β-unsaturated/α-hetero) is 1. The normalized spacial score (nSPS) is 22.8. The summed E-state index contributed by atoms with van der Waals surface area (Å²) in [5.74, 6) is 1.37. The Kier molecular flexibility index (Phi) is 2.85. The summed E-state index contributed by atoms with van der Waals surface area (Å²) < 4.78 is 6.02. The highest BCUT2D eigenvalue weighted by atomic mass is 16.5. The minimum Gasteiger partial charge on any atom is -0.490 e. The van der Waals surface area contributed by atoms with Gasteiger partial charge in [-0.05, 0) is 37.0 Å². The Bertz CT molecular complexity index is 717. The Balaban J connectivity index is 1.49. The van der Waals surface area contributed by atoms with Crippen LogP contribution in [-0.2, 0) is 12.8 Å². The van der Waals surface area contributed by atoms with Gasteiger partial charge in [0, 0.05) is 17.9 Å². The molecule has 0 aromatic heterocycles. The summed E-state index contributed by atoms with van der Waals surface area (Å²) >= 11 is 0. The minimum atomic E-state index is 0.0859. The number of hydrogen-bond donors (Lipinski definition) is 0. The van der Waals surface area contributed by atoms with Gasteiger partial charge in [0.1, 0.15) is 11.9 Å². The van der Waals surface area contributed by atoms with Crippen molar-refractivity contribution >= 4 is 5.78 Å². The Morgan fingerprint density at radius 2 is 1.95 bits per heavy atom. The quantitative estimate of drug-likeness (QED) is 0.836. The first-order valence-electron chi connectivity index (χ1n) is 7.59. The van der Waals surface area contributed by atoms with Gasteiger partial charge < -0.3 is 4.74 Å². The van der Waals surface area contributed by atoms with Crippen molar-refractivity contribution in [2.45, 2.75) is 32.3 Å². The van der Waals surface area contributed by atoms with Crippen LogP contribution in [0.2, 0.25) is 0 Å². The number of carbonyl (C=O) groups excluding carboxylic acids is 1. The molecule has 106 valence electrons. The Morgan fingerprint density at radius 3 is 2.81 bits per heavy atom. The van der Waals surface area contributed by atoms with Crippen LogP contribution in [0.25, 0.3) is 0 Å². The lowest BCUT2D eigenvalue weighted by molar-refractivity contribution is 0.0892. The number of ether oxygens (including phenoxy) is 1. The van der Waals surface area contributed by atoms with E-state index in [1.165, 1.54) is 16.7 Å². The SMILES string of the molecule is Cc1ccc2c(c1)CC(CC1Cc3ccccc3C1=O)O2. The van der Waals surface area contributed by atoms with Gasteiger partial charge in [-0.15, -0.1) is 0 Å². The van der Waals surface area contributed by atoms with Crippen molar-refractivity contribution in [2.24, 2.45) is 5.92 Å². The smallest absolute Gasteiger partial charge is 0.166 e. The van der Waals surface area contributed by atoms with E-state index >= 15 is 0 Å². The van der Waals surface area contributed by atoms with E-state index in [2.05, 4.69) is 31.2 Å². The van der Waals surface area contributed by atoms with Crippen molar-refractivity contribution in [1.82, 2.24) is 0 Å². The molecule has 0 N–H and O–H groups in total. The highest BCUT2D eigenvalue weighted by molar-refractivity contribution is 6.02. The highest BCUT2D eigenvalue weighted by Crippen LogP contribution is 2.35. The zero-order chi connectivity index (χ0) is 14.4. The zero-order valence-corrected chi connectivity index (χ0v) is 12.1. The summed E-state index contributed by atoms with van der Waals surface area (Å²) in [4.78, 5) is 12.5. The highest BCUT2D eigenvalue weighted by Gasteiger charge is 2.34. The molecule has 1 heterocycles. The van der Waals surface area contributed by atoms with E-state index in [4.69, 9.17) is 4.74 Å². The lowest BCUT2D eigenvalue weighted by atomic mass is 9.95. The largest absolute Gasteiger partial charge is 0.490 e. The first kappa shape index (κ1) is 12.6. The Morgan fingerprint density at radius 1 is 1.10 bits per heavy atom. The maximum Gasteiger partial charge on any atom is 0.166 e. The van der Waals surface area contributed by atoms with E-state index in [-0.39, 0.29) is 12.0 Å². The average molecular weight is 278 g/mol. The van der Waals surface area contributed by atoms with Crippen molar-refractivity contribution in [1.29, 1.82) is 0 Å².